The number of amides is 1. The maximum atomic E-state index is 12.8. The molecule has 0 unspecified atom stereocenters. The van der Waals surface area contributed by atoms with E-state index in [0.29, 0.717) is 25.6 Å². The molecule has 0 bridgehead atoms. The molecule has 1 saturated carbocycles. The Bertz CT molecular complexity index is 781. The number of hydrogen-bond donors (Lipinski definition) is 1. The summed E-state index contributed by atoms with van der Waals surface area (Å²) in [7, 11) is -3.73. The predicted octanol–water partition coefficient (Wildman–Crippen LogP) is 2.34. The molecule has 10 heteroatoms. The van der Waals surface area contributed by atoms with Crippen molar-refractivity contribution < 1.29 is 22.7 Å². The second-order valence-electron chi connectivity index (χ2n) is 7.01. The number of hydrogen-bond acceptors (Lipinski definition) is 7. The number of thiophene rings is 1. The van der Waals surface area contributed by atoms with Gasteiger partial charge in [0.05, 0.1) is 0 Å². The smallest absolute Gasteiger partial charge is 0.350 e. The Hall–Kier alpha value is -1.10. The molecular weight excluding hydrogens is 420 g/mol. The van der Waals surface area contributed by atoms with Gasteiger partial charge in [-0.2, -0.15) is 16.1 Å². The predicted molar refractivity (Wildman–Crippen MR) is 110 cm³/mol. The third kappa shape index (κ3) is 5.49. The number of nitrogens with zero attached hydrogens (tertiary/aromatic N) is 1. The van der Waals surface area contributed by atoms with Crippen LogP contribution < -0.4 is 5.32 Å². The summed E-state index contributed by atoms with van der Waals surface area (Å²) in [5.41, 5.74) is 0. The molecule has 2 heterocycles. The minimum absolute atomic E-state index is 0.0262. The highest BCUT2D eigenvalue weighted by Crippen LogP contribution is 2.27. The zero-order valence-corrected chi connectivity index (χ0v) is 18.2. The molecule has 1 saturated heterocycles. The fraction of sp³-hybridized carbons (Fsp3) is 0.667. The Balaban J connectivity index is 1.53. The van der Waals surface area contributed by atoms with E-state index in [1.54, 1.807) is 17.1 Å². The van der Waals surface area contributed by atoms with E-state index < -0.39 is 22.6 Å². The molecule has 0 radical (unpaired) electrons. The third-order valence-corrected chi connectivity index (χ3v) is 8.96. The molecule has 0 atom stereocenters. The maximum absolute atomic E-state index is 12.8. The van der Waals surface area contributed by atoms with Gasteiger partial charge in [-0.25, -0.2) is 13.2 Å². The summed E-state index contributed by atoms with van der Waals surface area (Å²) < 4.78 is 32.1. The molecule has 1 aromatic heterocycles. The van der Waals surface area contributed by atoms with Crippen molar-refractivity contribution in [2.75, 3.05) is 37.7 Å². The second kappa shape index (κ2) is 10.1. The molecule has 1 amide bonds. The number of carbonyl (C=O) groups excluding carboxylic acids is 2. The van der Waals surface area contributed by atoms with Gasteiger partial charge in [0.1, 0.15) is 9.77 Å². The minimum atomic E-state index is -3.73. The van der Waals surface area contributed by atoms with Gasteiger partial charge in [-0.1, -0.05) is 19.3 Å². The molecule has 2 fully saturated rings. The van der Waals surface area contributed by atoms with Crippen LogP contribution >= 0.6 is 23.1 Å². The van der Waals surface area contributed by atoms with Gasteiger partial charge in [0.2, 0.25) is 10.0 Å². The summed E-state index contributed by atoms with van der Waals surface area (Å²) in [5, 5.41) is 4.37. The van der Waals surface area contributed by atoms with Gasteiger partial charge in [0, 0.05) is 31.1 Å². The maximum Gasteiger partial charge on any atom is 0.350 e. The van der Waals surface area contributed by atoms with Crippen LogP contribution in [0.5, 0.6) is 0 Å². The van der Waals surface area contributed by atoms with Gasteiger partial charge in [-0.15, -0.1) is 11.3 Å². The van der Waals surface area contributed by atoms with Crippen molar-refractivity contribution >= 4 is 45.0 Å². The highest BCUT2D eigenvalue weighted by molar-refractivity contribution is 7.99. The third-order valence-electron chi connectivity index (χ3n) is 5.05. The number of sulfonamides is 1. The van der Waals surface area contributed by atoms with Crippen LogP contribution in [0.25, 0.3) is 0 Å². The van der Waals surface area contributed by atoms with E-state index in [4.69, 9.17) is 4.74 Å². The number of thioether (sulfide) groups is 1. The lowest BCUT2D eigenvalue weighted by Crippen LogP contribution is -2.38. The molecule has 1 aromatic rings. The summed E-state index contributed by atoms with van der Waals surface area (Å²) in [6.07, 6.45) is 5.88. The number of esters is 1. The van der Waals surface area contributed by atoms with Crippen LogP contribution in [0, 0.1) is 5.92 Å². The molecule has 156 valence electrons. The average Bonchev–Trinajstić information content (AvgIpc) is 3.23. The van der Waals surface area contributed by atoms with E-state index in [1.165, 1.54) is 29.6 Å². The normalized spacial score (nSPS) is 19.3. The highest BCUT2D eigenvalue weighted by Gasteiger charge is 2.31. The average molecular weight is 447 g/mol. The summed E-state index contributed by atoms with van der Waals surface area (Å²) in [6.45, 7) is 1.06. The molecule has 7 nitrogen and oxygen atoms in total. The van der Waals surface area contributed by atoms with Crippen LogP contribution in [0.3, 0.4) is 0 Å². The van der Waals surface area contributed by atoms with E-state index >= 15 is 0 Å². The van der Waals surface area contributed by atoms with Crippen molar-refractivity contribution in [2.24, 2.45) is 5.92 Å². The monoisotopic (exact) mass is 446 g/mol. The Labute approximate surface area is 174 Å². The van der Waals surface area contributed by atoms with Gasteiger partial charge in [0.25, 0.3) is 5.91 Å². The van der Waals surface area contributed by atoms with Crippen molar-refractivity contribution in [3.8, 4) is 0 Å². The Morgan fingerprint density at radius 3 is 2.61 bits per heavy atom. The van der Waals surface area contributed by atoms with Gasteiger partial charge in [0.15, 0.2) is 6.61 Å². The molecule has 1 aliphatic carbocycles. The van der Waals surface area contributed by atoms with Gasteiger partial charge >= 0.3 is 5.97 Å². The van der Waals surface area contributed by atoms with Gasteiger partial charge in [-0.3, -0.25) is 4.79 Å². The van der Waals surface area contributed by atoms with Crippen molar-refractivity contribution in [3.63, 3.8) is 0 Å². The van der Waals surface area contributed by atoms with Crippen molar-refractivity contribution in [1.29, 1.82) is 0 Å². The minimum Gasteiger partial charge on any atom is -0.451 e. The molecule has 0 spiro atoms. The van der Waals surface area contributed by atoms with Crippen LogP contribution in [0.1, 0.15) is 41.8 Å². The Morgan fingerprint density at radius 2 is 1.89 bits per heavy atom. The number of rotatable bonds is 7. The Kier molecular flexibility index (Phi) is 7.78. The largest absolute Gasteiger partial charge is 0.451 e. The van der Waals surface area contributed by atoms with Crippen LogP contribution in [-0.2, 0) is 19.6 Å². The SMILES string of the molecule is O=C(COC(=O)c1sccc1S(=O)(=O)N1CCSCC1)NCC1CCCCC1. The molecule has 28 heavy (non-hydrogen) atoms. The lowest BCUT2D eigenvalue weighted by molar-refractivity contribution is -0.124. The quantitative estimate of drug-likeness (QED) is 0.646. The van der Waals surface area contributed by atoms with E-state index in [2.05, 4.69) is 5.32 Å². The molecule has 1 aliphatic heterocycles. The van der Waals surface area contributed by atoms with Gasteiger partial charge < -0.3 is 10.1 Å². The lowest BCUT2D eigenvalue weighted by Gasteiger charge is -2.25. The van der Waals surface area contributed by atoms with Crippen LogP contribution in [0.2, 0.25) is 0 Å². The fourth-order valence-electron chi connectivity index (χ4n) is 3.47. The number of carbonyl (C=O) groups is 2. The first-order chi connectivity index (χ1) is 13.5. The molecule has 3 rings (SSSR count). The summed E-state index contributed by atoms with van der Waals surface area (Å²) in [4.78, 5) is 24.4. The summed E-state index contributed by atoms with van der Waals surface area (Å²) in [5.74, 6) is 0.847. The van der Waals surface area contributed by atoms with Crippen LogP contribution in [0.15, 0.2) is 16.3 Å². The molecule has 2 aliphatic rings. The van der Waals surface area contributed by atoms with E-state index in [9.17, 15) is 18.0 Å². The summed E-state index contributed by atoms with van der Waals surface area (Å²) >= 11 is 2.73. The second-order valence-corrected chi connectivity index (χ2v) is 11.1. The number of nitrogens with one attached hydrogen (secondary N) is 1. The Morgan fingerprint density at radius 1 is 1.18 bits per heavy atom. The van der Waals surface area contributed by atoms with E-state index in [-0.39, 0.29) is 15.7 Å². The summed E-state index contributed by atoms with van der Waals surface area (Å²) in [6, 6.07) is 1.43. The number of ether oxygens (including phenoxy) is 1. The topological polar surface area (TPSA) is 92.8 Å². The fourth-order valence-corrected chi connectivity index (χ4v) is 7.33. The first-order valence-electron chi connectivity index (χ1n) is 9.57. The standard InChI is InChI=1S/C18H26N2O5S3/c21-16(19-12-14-4-2-1-3-5-14)13-25-18(22)17-15(6-9-27-17)28(23,24)20-7-10-26-11-8-20/h6,9,14H,1-5,7-8,10-13H2,(H,19,21). The van der Waals surface area contributed by atoms with Crippen LogP contribution in [-0.4, -0.2) is 62.3 Å². The molecular formula is C18H26N2O5S3. The van der Waals surface area contributed by atoms with E-state index in [0.717, 1.165) is 35.7 Å². The van der Waals surface area contributed by atoms with Crippen molar-refractivity contribution in [1.82, 2.24) is 9.62 Å². The first kappa shape index (κ1) is 21.6. The van der Waals surface area contributed by atoms with Gasteiger partial charge in [-0.05, 0) is 30.2 Å². The molecule has 1 N–H and O–H groups in total. The zero-order valence-electron chi connectivity index (χ0n) is 15.7. The molecule has 0 aromatic carbocycles. The lowest BCUT2D eigenvalue weighted by atomic mass is 9.89. The first-order valence-corrected chi connectivity index (χ1v) is 13.0. The zero-order chi connectivity index (χ0) is 20.0. The van der Waals surface area contributed by atoms with Crippen LogP contribution in [0.4, 0.5) is 0 Å². The van der Waals surface area contributed by atoms with Crippen molar-refractivity contribution in [3.05, 3.63) is 16.3 Å². The highest BCUT2D eigenvalue weighted by atomic mass is 32.2. The van der Waals surface area contributed by atoms with Crippen molar-refractivity contribution in [2.45, 2.75) is 37.0 Å². The van der Waals surface area contributed by atoms with E-state index in [1.807, 2.05) is 0 Å².